The summed E-state index contributed by atoms with van der Waals surface area (Å²) in [4.78, 5) is 0. The Morgan fingerprint density at radius 3 is 1.61 bits per heavy atom. The van der Waals surface area contributed by atoms with Gasteiger partial charge in [-0.2, -0.15) is 26.3 Å². The van der Waals surface area contributed by atoms with Gasteiger partial charge >= 0.3 is 19.8 Å². The van der Waals surface area contributed by atoms with Crippen molar-refractivity contribution in [3.8, 4) is 0 Å². The first kappa shape index (κ1) is 30.5. The predicted molar refractivity (Wildman–Crippen MR) is 99.3 cm³/mol. The van der Waals surface area contributed by atoms with Gasteiger partial charge < -0.3 is 21.9 Å². The van der Waals surface area contributed by atoms with Crippen molar-refractivity contribution >= 4 is 28.9 Å². The van der Waals surface area contributed by atoms with Crippen LogP contribution in [0.1, 0.15) is 19.8 Å². The summed E-state index contributed by atoms with van der Waals surface area (Å²) in [6.45, 7) is 4.73. The Labute approximate surface area is 178 Å². The molecule has 18 heteroatoms. The van der Waals surface area contributed by atoms with Gasteiger partial charge in [-0.1, -0.05) is 6.92 Å². The minimum absolute atomic E-state index is 0.778. The van der Waals surface area contributed by atoms with Crippen LogP contribution < -0.4 is 0 Å². The van der Waals surface area contributed by atoms with Crippen LogP contribution in [0.4, 0.5) is 26.3 Å². The number of hydrogen-bond acceptors (Lipinski definition) is 7. The average molecular weight is 529 g/mol. The van der Waals surface area contributed by atoms with Crippen LogP contribution in [0.2, 0.25) is 0 Å². The highest BCUT2D eigenvalue weighted by Gasteiger charge is 2.48. The molecule has 1 heterocycles. The molecule has 0 amide bonds. The lowest BCUT2D eigenvalue weighted by Crippen LogP contribution is -2.63. The van der Waals surface area contributed by atoms with Crippen molar-refractivity contribution in [2.75, 3.05) is 47.6 Å². The first-order valence-electron chi connectivity index (χ1n) is 8.55. The van der Waals surface area contributed by atoms with Crippen LogP contribution in [0.3, 0.4) is 0 Å². The molecular weight excluding hydrogens is 502 g/mol. The SMILES string of the molecule is CO[Si](C[N+]1(C)CCCC(C)C1)(OC)OC.O=S(=O)([N-]S(=O)(=O)C(F)(F)F)C(F)(F)F. The van der Waals surface area contributed by atoms with Gasteiger partial charge in [0.15, 0.2) is 20.0 Å². The molecule has 0 saturated carbocycles. The predicted octanol–water partition coefficient (Wildman–Crippen LogP) is 2.34. The van der Waals surface area contributed by atoms with Gasteiger partial charge in [-0.05, 0) is 12.8 Å². The summed E-state index contributed by atoms with van der Waals surface area (Å²) in [6, 6.07) is 0. The highest BCUT2D eigenvalue weighted by atomic mass is 32.3. The molecule has 0 aromatic heterocycles. The Morgan fingerprint density at radius 1 is 0.935 bits per heavy atom. The Morgan fingerprint density at radius 2 is 1.32 bits per heavy atom. The third-order valence-corrected chi connectivity index (χ3v) is 10.2. The lowest BCUT2D eigenvalue weighted by molar-refractivity contribution is -0.910. The van der Waals surface area contributed by atoms with Gasteiger partial charge in [0.2, 0.25) is 0 Å². The summed E-state index contributed by atoms with van der Waals surface area (Å²) in [6.07, 6.45) is 3.51. The van der Waals surface area contributed by atoms with Crippen molar-refractivity contribution < 1.29 is 60.9 Å². The van der Waals surface area contributed by atoms with Gasteiger partial charge in [0.05, 0.1) is 20.1 Å². The fraction of sp³-hybridized carbons (Fsp3) is 1.00. The van der Waals surface area contributed by atoms with E-state index in [-0.39, 0.29) is 0 Å². The fourth-order valence-corrected chi connectivity index (χ4v) is 6.84. The molecule has 1 rings (SSSR count). The molecule has 0 aromatic rings. The standard InChI is InChI=1S/C11H26NO3Si.C2F6NO4S2/c1-11-7-6-8-12(2,9-11)10-16(13-3,14-4)15-5;3-1(4,5)14(10,11)9-15(12,13)2(6,7)8/h11H,6-10H2,1-5H3;/q+1;-1. The zero-order valence-electron chi connectivity index (χ0n) is 17.4. The van der Waals surface area contributed by atoms with Crippen molar-refractivity contribution in [3.05, 3.63) is 4.13 Å². The fourth-order valence-electron chi connectivity index (χ4n) is 3.02. The maximum absolute atomic E-state index is 11.4. The molecule has 0 aromatic carbocycles. The van der Waals surface area contributed by atoms with E-state index in [1.54, 1.807) is 21.3 Å². The van der Waals surface area contributed by atoms with Gasteiger partial charge in [-0.15, -0.1) is 0 Å². The number of hydrogen-bond donors (Lipinski definition) is 0. The molecule has 1 saturated heterocycles. The van der Waals surface area contributed by atoms with E-state index in [1.165, 1.54) is 25.9 Å². The third-order valence-electron chi connectivity index (χ3n) is 4.44. The number of halogens is 6. The molecule has 0 spiro atoms. The van der Waals surface area contributed by atoms with E-state index >= 15 is 0 Å². The van der Waals surface area contributed by atoms with Crippen LogP contribution in [-0.4, -0.2) is 88.8 Å². The first-order valence-corrected chi connectivity index (χ1v) is 13.4. The molecule has 1 aliphatic heterocycles. The normalized spacial score (nSPS) is 23.8. The monoisotopic (exact) mass is 528 g/mol. The molecule has 9 nitrogen and oxygen atoms in total. The van der Waals surface area contributed by atoms with Gasteiger partial charge in [0.1, 0.15) is 6.17 Å². The van der Waals surface area contributed by atoms with E-state index in [1.807, 2.05) is 0 Å². The second kappa shape index (κ2) is 10.6. The van der Waals surface area contributed by atoms with Crippen molar-refractivity contribution in [2.45, 2.75) is 30.8 Å². The lowest BCUT2D eigenvalue weighted by atomic mass is 9.99. The Hall–Kier alpha value is -0.503. The van der Waals surface area contributed by atoms with E-state index in [2.05, 4.69) is 14.0 Å². The number of likely N-dealkylation sites (tertiary alicyclic amines) is 1. The molecule has 2 atom stereocenters. The van der Waals surface area contributed by atoms with Crippen LogP contribution in [-0.2, 0) is 33.3 Å². The number of alkyl halides is 6. The van der Waals surface area contributed by atoms with E-state index in [9.17, 15) is 43.2 Å². The third kappa shape index (κ3) is 8.75. The molecule has 0 bridgehead atoms. The summed E-state index contributed by atoms with van der Waals surface area (Å²) in [7, 11) is -8.51. The average Bonchev–Trinajstić information content (AvgIpc) is 2.57. The molecule has 0 aliphatic carbocycles. The van der Waals surface area contributed by atoms with E-state index in [0.717, 1.165) is 20.7 Å². The summed E-state index contributed by atoms with van der Waals surface area (Å²) in [5.41, 5.74) is -12.4. The maximum atomic E-state index is 11.4. The molecule has 0 N–H and O–H groups in total. The molecule has 31 heavy (non-hydrogen) atoms. The number of sulfonamides is 2. The molecule has 1 fully saturated rings. The van der Waals surface area contributed by atoms with Gasteiger partial charge in [0, 0.05) is 27.2 Å². The van der Waals surface area contributed by atoms with Crippen LogP contribution >= 0.6 is 0 Å². The topological polar surface area (TPSA) is 110 Å². The molecular formula is C13H26F6N2O7S2Si. The lowest BCUT2D eigenvalue weighted by Gasteiger charge is -2.43. The number of rotatable bonds is 7. The van der Waals surface area contributed by atoms with E-state index < -0.39 is 39.9 Å². The van der Waals surface area contributed by atoms with Crippen molar-refractivity contribution in [3.63, 3.8) is 0 Å². The minimum atomic E-state index is -6.72. The zero-order chi connectivity index (χ0) is 24.9. The quantitative estimate of drug-likeness (QED) is 0.283. The Kier molecular flexibility index (Phi) is 10.4. The second-order valence-electron chi connectivity index (χ2n) is 7.14. The van der Waals surface area contributed by atoms with Crippen molar-refractivity contribution in [1.29, 1.82) is 0 Å². The summed E-state index contributed by atoms with van der Waals surface area (Å²) in [5.74, 6) is 0.788. The smallest absolute Gasteiger partial charge is 0.421 e. The summed E-state index contributed by atoms with van der Waals surface area (Å²) in [5, 5.41) is 0. The van der Waals surface area contributed by atoms with Crippen LogP contribution in [0.5, 0.6) is 0 Å². The number of quaternary nitrogens is 1. The van der Waals surface area contributed by atoms with Gasteiger partial charge in [-0.25, -0.2) is 16.8 Å². The van der Waals surface area contributed by atoms with Crippen molar-refractivity contribution in [1.82, 2.24) is 0 Å². The summed E-state index contributed by atoms with van der Waals surface area (Å²) < 4.78 is 127. The zero-order valence-corrected chi connectivity index (χ0v) is 20.1. The van der Waals surface area contributed by atoms with Crippen molar-refractivity contribution in [2.24, 2.45) is 5.92 Å². The van der Waals surface area contributed by atoms with Crippen LogP contribution in [0.15, 0.2) is 0 Å². The van der Waals surface area contributed by atoms with E-state index in [4.69, 9.17) is 13.3 Å². The molecule has 1 aliphatic rings. The Bertz CT molecular complexity index is 737. The van der Waals surface area contributed by atoms with Crippen LogP contribution in [0, 0.1) is 5.92 Å². The van der Waals surface area contributed by atoms with E-state index in [0.29, 0.717) is 0 Å². The summed E-state index contributed by atoms with van der Waals surface area (Å²) >= 11 is 0. The first-order chi connectivity index (χ1) is 13.7. The second-order valence-corrected chi connectivity index (χ2v) is 13.5. The minimum Gasteiger partial charge on any atom is -0.421 e. The van der Waals surface area contributed by atoms with Crippen LogP contribution in [0.25, 0.3) is 4.13 Å². The molecule has 0 radical (unpaired) electrons. The maximum Gasteiger partial charge on any atom is 0.558 e. The Balaban J connectivity index is 0.000000582. The highest BCUT2D eigenvalue weighted by molar-refractivity contribution is 8.13. The number of nitrogens with zero attached hydrogens (tertiary/aromatic N) is 2. The van der Waals surface area contributed by atoms with Gasteiger partial charge in [-0.3, -0.25) is 0 Å². The number of piperidine rings is 1. The largest absolute Gasteiger partial charge is 0.558 e. The molecule has 188 valence electrons. The molecule has 2 unspecified atom stereocenters. The highest BCUT2D eigenvalue weighted by Crippen LogP contribution is 2.36. The van der Waals surface area contributed by atoms with Gasteiger partial charge in [0.25, 0.3) is 0 Å².